The predicted octanol–water partition coefficient (Wildman–Crippen LogP) is 27.6. The molecule has 21 rings (SSSR count). The third kappa shape index (κ3) is 35.9. The molecule has 23 heteroatoms. The molecule has 2 N–H and O–H groups in total. The molecule has 147 heavy (non-hydrogen) atoms. The van der Waals surface area contributed by atoms with E-state index in [1.807, 2.05) is 119 Å². The van der Waals surface area contributed by atoms with E-state index >= 15 is 0 Å². The molecule has 5 aliphatic carbocycles. The molecule has 3 saturated carbocycles. The van der Waals surface area contributed by atoms with Crippen LogP contribution in [0.5, 0.6) is 0 Å². The van der Waals surface area contributed by atoms with Gasteiger partial charge in [0.2, 0.25) is 0 Å². The molecule has 0 bridgehead atoms. The number of aromatic nitrogens is 6. The van der Waals surface area contributed by atoms with Crippen LogP contribution in [0.15, 0.2) is 374 Å². The second-order valence-electron chi connectivity index (χ2n) is 37.0. The van der Waals surface area contributed by atoms with Crippen molar-refractivity contribution in [1.29, 1.82) is 0 Å². The Kier molecular flexibility index (Phi) is 57.1. The molecule has 14 aromatic rings. The molecular weight excluding hydrogens is 2000 g/mol. The van der Waals surface area contributed by atoms with E-state index < -0.39 is 15.9 Å². The Bertz CT molecular complexity index is 6500. The maximum atomic E-state index is 11.8. The van der Waals surface area contributed by atoms with Gasteiger partial charge in [-0.3, -0.25) is 34.7 Å². The minimum absolute atomic E-state index is 0. The van der Waals surface area contributed by atoms with E-state index in [0.29, 0.717) is 68.1 Å². The number of benzene rings is 8. The smallest absolute Gasteiger partial charge is 0.458 e. The van der Waals surface area contributed by atoms with Gasteiger partial charge >= 0.3 is 40.1 Å². The van der Waals surface area contributed by atoms with Crippen molar-refractivity contribution in [3.63, 3.8) is 0 Å². The van der Waals surface area contributed by atoms with E-state index in [1.165, 1.54) is 134 Å². The largest absolute Gasteiger partial charge is 2.00 e. The summed E-state index contributed by atoms with van der Waals surface area (Å²) >= 11 is 0. The monoisotopic (exact) mass is 2150 g/mol. The van der Waals surface area contributed by atoms with Crippen LogP contribution < -0.4 is 24.5 Å². The number of allylic oxidation sites excluding steroid dienone is 4. The predicted molar refractivity (Wildman–Crippen MR) is 593 cm³/mol. The average Bonchev–Trinajstić information content (AvgIpc) is 1.58. The Morgan fingerprint density at radius 3 is 1.42 bits per heavy atom. The Hall–Kier alpha value is -8.92. The molecule has 2 aliphatic heterocycles. The minimum atomic E-state index is -1.68. The topological polar surface area (TPSA) is 179 Å². The molecule has 0 amide bonds. The van der Waals surface area contributed by atoms with E-state index in [2.05, 4.69) is 320 Å². The van der Waals surface area contributed by atoms with Crippen molar-refractivity contribution >= 4 is 77.0 Å². The number of pyridine rings is 6. The number of aryl methyl sites for hydroxylation is 1. The number of nitrogens with zero attached hydrogens (tertiary/aromatic N) is 11. The van der Waals surface area contributed by atoms with Crippen LogP contribution in [0.1, 0.15) is 164 Å². The molecule has 8 aromatic carbocycles. The van der Waals surface area contributed by atoms with Crippen molar-refractivity contribution in [3.8, 4) is 0 Å². The van der Waals surface area contributed by atoms with Crippen LogP contribution in [0.4, 0.5) is 28.4 Å². The van der Waals surface area contributed by atoms with Gasteiger partial charge in [0.25, 0.3) is 0 Å². The fourth-order valence-corrected chi connectivity index (χ4v) is 21.3. The van der Waals surface area contributed by atoms with Crippen LogP contribution in [-0.4, -0.2) is 138 Å². The summed E-state index contributed by atoms with van der Waals surface area (Å²) in [5, 5.41) is 19.7. The summed E-state index contributed by atoms with van der Waals surface area (Å²) in [6, 6.07) is 86.0. The van der Waals surface area contributed by atoms with E-state index in [0.717, 1.165) is 66.0 Å². The minimum Gasteiger partial charge on any atom is -0.458 e. The maximum absolute atomic E-state index is 11.8. The van der Waals surface area contributed by atoms with Crippen LogP contribution in [0.2, 0.25) is 0 Å². The zero-order valence-corrected chi connectivity index (χ0v) is 92.5. The summed E-state index contributed by atoms with van der Waals surface area (Å²) in [6.07, 6.45) is 43.7. The third-order valence-corrected chi connectivity index (χ3v) is 28.2. The average molecular weight is 2150 g/mol. The van der Waals surface area contributed by atoms with Gasteiger partial charge in [-0.1, -0.05) is 218 Å². The number of carbonyl (C=O) groups excluding carboxylic acids is 1. The molecule has 4 unspecified atom stereocenters. The number of carbonyl (C=O) groups is 1. The zero-order valence-electron chi connectivity index (χ0n) is 87.4. The van der Waals surface area contributed by atoms with Crippen molar-refractivity contribution in [2.75, 3.05) is 99.1 Å². The Labute approximate surface area is 989 Å². The molecule has 2 saturated heterocycles. The molecule has 10 atom stereocenters. The van der Waals surface area contributed by atoms with Crippen molar-refractivity contribution < 1.29 is 176 Å². The Morgan fingerprint density at radius 1 is 0.469 bits per heavy atom. The standard InChI is InChI=1S/C25H28N2O2.C22H22N2O.C22H24N2.C21H21N.C11H16N2O2.C9H16N2OS.2C5H2.4CH3.3Ar.2Fe/c1-3-7-21(8-4-1)17-28-19-24-11-12-25(27(24)23-13-15-26-16-14-23)20-29-18-22-9-5-2-6-10-22;25-22(19-6-5-16-3-1-2-4-18(16)15-19)11-7-17-10-14-24(21(17)22)20-8-12-23-13-9-20;1-24(2)17-13-14-23-22(15-17)21-12-6-11-20(21)19-10-5-8-16-7-3-4-9-18(16)19;1-15-12-13-22-14-21(15)20-11-5-10-19(20)18-9-4-7-16-6-2-3-8-17(16)18;1-8(15-9(2)14)10-7-12-6-5-11(10)13(3)4;1-11(2)8-5-6-10-7-9(8)13(3,4)12;2*1-2-4-5-3-1;;;;;;;;;/h1-10,13-16,24-25H,11-12,17-20H2;1-6,8-9,12-13,15,17,21,25H,7,10-11,14H2;3-5,7-10,13-15,20-21H,6,11-12H2,1-2H3;2-4,6-9,12-14,19-20H,5,10-11H2,1H3;5-8H,1-4H3;5-7,12H,1-4H3;2*1-2H;4*1H3;;;;;/q;;;;;;;;4*-1;;;;2*+2/t24-,25-;17-,21+,22+;;;8-;;;;;;;;;;;;/m11..0............/s1. The van der Waals surface area contributed by atoms with Gasteiger partial charge in [0, 0.05) is 277 Å². The first-order valence-corrected chi connectivity index (χ1v) is 50.6. The van der Waals surface area contributed by atoms with E-state index in [9.17, 15) is 14.5 Å². The Morgan fingerprint density at radius 2 is 0.925 bits per heavy atom. The fourth-order valence-electron chi connectivity index (χ4n) is 20.3. The number of rotatable bonds is 21. The fraction of sp³-hybridized carbons (Fsp3) is 0.298. The second-order valence-corrected chi connectivity index (χ2v) is 40.0. The number of esters is 1. The van der Waals surface area contributed by atoms with Crippen LogP contribution in [-0.2, 0) is 72.0 Å². The number of hydrogen-bond donors (Lipinski definition) is 2. The van der Waals surface area contributed by atoms with Gasteiger partial charge in [-0.05, 0) is 276 Å². The van der Waals surface area contributed by atoms with Crippen LogP contribution in [0.25, 0.3) is 32.3 Å². The first-order valence-electron chi connectivity index (χ1n) is 48.2. The van der Waals surface area contributed by atoms with Gasteiger partial charge in [0.05, 0.1) is 55.1 Å². The zero-order chi connectivity index (χ0) is 96.6. The molecule has 0 spiro atoms. The van der Waals surface area contributed by atoms with Gasteiger partial charge in [-0.2, -0.15) is 0 Å². The van der Waals surface area contributed by atoms with Crippen LogP contribution in [0.3, 0.4) is 0 Å². The molecule has 776 valence electrons. The Balaban J connectivity index is 0.000000304. The van der Waals surface area contributed by atoms with Crippen LogP contribution in [0, 0.1) is 156 Å². The van der Waals surface area contributed by atoms with E-state index in [1.54, 1.807) is 49.1 Å². The molecule has 6 aromatic heterocycles. The first kappa shape index (κ1) is 129. The molecule has 5 fully saturated rings. The first-order chi connectivity index (χ1) is 67.2. The van der Waals surface area contributed by atoms with Gasteiger partial charge in [-0.25, -0.2) is 0 Å². The molecular formula is C124H143Ar3Fe2N11O6S. The molecule has 7 aliphatic rings. The van der Waals surface area contributed by atoms with Crippen molar-refractivity contribution in [1.82, 2.24) is 29.9 Å². The van der Waals surface area contributed by atoms with Gasteiger partial charge < -0.3 is 78.1 Å². The summed E-state index contributed by atoms with van der Waals surface area (Å²) in [7, 11) is 10.3. The van der Waals surface area contributed by atoms with E-state index in [4.69, 9.17) is 19.2 Å². The summed E-state index contributed by atoms with van der Waals surface area (Å²) < 4.78 is 27.2. The van der Waals surface area contributed by atoms with Gasteiger partial charge in [0.15, 0.2) is 0 Å². The number of fused-ring (bicyclic) bond motifs is 4. The summed E-state index contributed by atoms with van der Waals surface area (Å²) in [6.45, 7) is 9.20. The molecule has 8 heterocycles. The van der Waals surface area contributed by atoms with Gasteiger partial charge in [0.1, 0.15) is 11.7 Å². The molecule has 0 radical (unpaired) electrons. The maximum Gasteiger partial charge on any atom is 2.00 e. The molecule has 17 nitrogen and oxygen atoms in total. The number of anilines is 5. The quantitative estimate of drug-likeness (QED) is 0.0300. The van der Waals surface area contributed by atoms with Crippen LogP contribution >= 0.6 is 10.3 Å². The third-order valence-electron chi connectivity index (χ3n) is 26.9. The summed E-state index contributed by atoms with van der Waals surface area (Å²) in [5.41, 5.74) is 32.3. The second kappa shape index (κ2) is 65.4. The summed E-state index contributed by atoms with van der Waals surface area (Å²) in [5.74, 6) is 2.60. The number of ether oxygens (including phenoxy) is 3. The van der Waals surface area contributed by atoms with E-state index in [-0.39, 0.29) is 195 Å². The van der Waals surface area contributed by atoms with Crippen molar-refractivity contribution in [2.45, 2.75) is 163 Å². The van der Waals surface area contributed by atoms with Crippen molar-refractivity contribution in [3.05, 3.63) is 449 Å². The summed E-state index contributed by atoms with van der Waals surface area (Å²) in [4.78, 5) is 48.3. The van der Waals surface area contributed by atoms with Gasteiger partial charge in [-0.15, -0.1) is 10.3 Å². The number of aliphatic hydroxyl groups is 1. The number of hydrogen-bond acceptors (Lipinski definition) is 17. The SMILES string of the molecule is C1=C=CC=C=1.C1=C=CC=C=1.CC(=O)O[C@@H](C)c1cnccc1N(C)C.CN(C)c1ccnc(C2CCCC2c2cccc3ccccc23)c1.CN(C)c1ccncc1S(C)(C)O.Cc1ccncc1C1CCCC1c1cccc2ccccc12.O[C@]1(c2ccc3ccccc3c2)CC[C@@H]2CCN(c3ccncc3)[C@@H]21.[Ar].[Ar].[Ar].[CH3-].[CH3-].[CH3-].[CH3-].[Fe+2].[Fe+2].c1ccc(COC[C@H]2CC[C@H](COCc3ccccc3)N2c2ccncc2)cc1. The normalized spacial score (nSPS) is 18.2. The van der Waals surface area contributed by atoms with Crippen molar-refractivity contribution in [2.24, 2.45) is 5.92 Å².